The lowest BCUT2D eigenvalue weighted by Crippen LogP contribution is -2.24. The van der Waals surface area contributed by atoms with Crippen molar-refractivity contribution in [3.63, 3.8) is 0 Å². The molecule has 0 spiro atoms. The Balaban J connectivity index is 2.40. The number of hydrogen-bond donors (Lipinski definition) is 0. The SMILES string of the molecule is CCCCC1=C([Si](C)(C)C)Cc2ccccc21. The average Bonchev–Trinajstić information content (AvgIpc) is 2.65. The summed E-state index contributed by atoms with van der Waals surface area (Å²) in [6.45, 7) is 9.75. The lowest BCUT2D eigenvalue weighted by molar-refractivity contribution is 0.824. The van der Waals surface area contributed by atoms with E-state index in [1.807, 2.05) is 0 Å². The molecule has 1 aromatic carbocycles. The first kappa shape index (κ1) is 12.6. The molecule has 0 atom stereocenters. The molecule has 0 fully saturated rings. The van der Waals surface area contributed by atoms with Crippen LogP contribution in [0.5, 0.6) is 0 Å². The molecule has 17 heavy (non-hydrogen) atoms. The van der Waals surface area contributed by atoms with Crippen molar-refractivity contribution in [2.75, 3.05) is 0 Å². The molecule has 0 aromatic heterocycles. The number of fused-ring (bicyclic) bond motifs is 1. The van der Waals surface area contributed by atoms with E-state index in [1.165, 1.54) is 25.7 Å². The van der Waals surface area contributed by atoms with E-state index in [2.05, 4.69) is 50.8 Å². The molecule has 92 valence electrons. The quantitative estimate of drug-likeness (QED) is 0.649. The van der Waals surface area contributed by atoms with Gasteiger partial charge in [0.2, 0.25) is 0 Å². The van der Waals surface area contributed by atoms with Crippen molar-refractivity contribution in [1.29, 1.82) is 0 Å². The van der Waals surface area contributed by atoms with E-state index >= 15 is 0 Å². The maximum atomic E-state index is 2.49. The van der Waals surface area contributed by atoms with Crippen molar-refractivity contribution < 1.29 is 0 Å². The fraction of sp³-hybridized carbons (Fsp3) is 0.500. The minimum Gasteiger partial charge on any atom is -0.0730 e. The second-order valence-corrected chi connectivity index (χ2v) is 11.2. The molecule has 0 unspecified atom stereocenters. The molecule has 0 saturated heterocycles. The smallest absolute Gasteiger partial charge is 0.0730 e. The number of hydrogen-bond acceptors (Lipinski definition) is 0. The zero-order chi connectivity index (χ0) is 12.5. The van der Waals surface area contributed by atoms with Crippen molar-refractivity contribution in [2.45, 2.75) is 52.2 Å². The van der Waals surface area contributed by atoms with Gasteiger partial charge in [-0.05, 0) is 36.0 Å². The summed E-state index contributed by atoms with van der Waals surface area (Å²) in [5.41, 5.74) is 4.82. The van der Waals surface area contributed by atoms with Gasteiger partial charge in [-0.3, -0.25) is 0 Å². The molecule has 0 amide bonds. The minimum absolute atomic E-state index is 1.16. The zero-order valence-electron chi connectivity index (χ0n) is 11.6. The van der Waals surface area contributed by atoms with E-state index in [0.717, 1.165) is 0 Å². The first-order valence-electron chi connectivity index (χ1n) is 6.85. The van der Waals surface area contributed by atoms with Gasteiger partial charge in [-0.1, -0.05) is 62.4 Å². The number of unbranched alkanes of at least 4 members (excludes halogenated alkanes) is 1. The predicted octanol–water partition coefficient (Wildman–Crippen LogP) is 5.06. The van der Waals surface area contributed by atoms with Crippen LogP contribution in [0.3, 0.4) is 0 Å². The summed E-state index contributed by atoms with van der Waals surface area (Å²) in [5, 5.41) is 1.80. The Morgan fingerprint density at radius 1 is 1.12 bits per heavy atom. The van der Waals surface area contributed by atoms with Gasteiger partial charge in [0.05, 0.1) is 8.07 Å². The van der Waals surface area contributed by atoms with Gasteiger partial charge in [0.25, 0.3) is 0 Å². The van der Waals surface area contributed by atoms with E-state index < -0.39 is 8.07 Å². The van der Waals surface area contributed by atoms with Crippen LogP contribution in [-0.2, 0) is 6.42 Å². The standard InChI is InChI=1S/C16H24Si/c1-5-6-10-15-14-11-8-7-9-13(14)12-16(15)17(2,3)4/h7-9,11H,5-6,10,12H2,1-4H3. The van der Waals surface area contributed by atoms with Crippen LogP contribution < -0.4 is 0 Å². The summed E-state index contributed by atoms with van der Waals surface area (Å²) >= 11 is 0. The summed E-state index contributed by atoms with van der Waals surface area (Å²) < 4.78 is 0. The fourth-order valence-corrected chi connectivity index (χ4v) is 4.67. The van der Waals surface area contributed by atoms with E-state index in [0.29, 0.717) is 0 Å². The number of rotatable bonds is 4. The highest BCUT2D eigenvalue weighted by molar-refractivity contribution is 6.84. The van der Waals surface area contributed by atoms with Crippen molar-refractivity contribution >= 4 is 13.6 Å². The Morgan fingerprint density at radius 2 is 1.82 bits per heavy atom. The van der Waals surface area contributed by atoms with Gasteiger partial charge >= 0.3 is 0 Å². The van der Waals surface area contributed by atoms with Crippen molar-refractivity contribution in [2.24, 2.45) is 0 Å². The van der Waals surface area contributed by atoms with E-state index in [-0.39, 0.29) is 0 Å². The van der Waals surface area contributed by atoms with Crippen LogP contribution in [0.4, 0.5) is 0 Å². The normalized spacial score (nSPS) is 15.3. The summed E-state index contributed by atoms with van der Waals surface area (Å²) in [4.78, 5) is 0. The van der Waals surface area contributed by atoms with Gasteiger partial charge in [0, 0.05) is 0 Å². The maximum absolute atomic E-state index is 2.49. The molecule has 0 radical (unpaired) electrons. The Kier molecular flexibility index (Phi) is 3.57. The first-order valence-corrected chi connectivity index (χ1v) is 10.3. The molecule has 2 rings (SSSR count). The van der Waals surface area contributed by atoms with Crippen LogP contribution in [0.1, 0.15) is 37.3 Å². The summed E-state index contributed by atoms with van der Waals surface area (Å²) in [7, 11) is -1.16. The molecule has 1 aromatic rings. The lowest BCUT2D eigenvalue weighted by Gasteiger charge is -2.20. The summed E-state index contributed by atoms with van der Waals surface area (Å²) in [5.74, 6) is 0. The minimum atomic E-state index is -1.16. The van der Waals surface area contributed by atoms with Crippen molar-refractivity contribution in [3.05, 3.63) is 40.6 Å². The lowest BCUT2D eigenvalue weighted by atomic mass is 10.0. The van der Waals surface area contributed by atoms with Gasteiger partial charge in [0.1, 0.15) is 0 Å². The van der Waals surface area contributed by atoms with Crippen molar-refractivity contribution in [3.8, 4) is 0 Å². The largest absolute Gasteiger partial charge is 0.0732 e. The van der Waals surface area contributed by atoms with E-state index in [4.69, 9.17) is 0 Å². The molecule has 0 saturated carbocycles. The second kappa shape index (κ2) is 4.81. The Bertz CT molecular complexity index is 435. The maximum Gasteiger partial charge on any atom is 0.0732 e. The molecule has 0 N–H and O–H groups in total. The Hall–Kier alpha value is -0.823. The van der Waals surface area contributed by atoms with Gasteiger partial charge in [-0.25, -0.2) is 0 Å². The molecule has 1 heteroatoms. The third-order valence-corrected chi connectivity index (χ3v) is 6.05. The highest BCUT2D eigenvalue weighted by atomic mass is 28.3. The van der Waals surface area contributed by atoms with Crippen LogP contribution in [-0.4, -0.2) is 8.07 Å². The third-order valence-electron chi connectivity index (χ3n) is 3.76. The predicted molar refractivity (Wildman–Crippen MR) is 79.9 cm³/mol. The molecule has 0 bridgehead atoms. The van der Waals surface area contributed by atoms with Crippen LogP contribution in [0.15, 0.2) is 29.5 Å². The fourth-order valence-electron chi connectivity index (χ4n) is 2.79. The monoisotopic (exact) mass is 244 g/mol. The average molecular weight is 244 g/mol. The van der Waals surface area contributed by atoms with Crippen LogP contribution in [0, 0.1) is 0 Å². The van der Waals surface area contributed by atoms with Crippen LogP contribution in [0.2, 0.25) is 19.6 Å². The molecular formula is C16H24Si. The highest BCUT2D eigenvalue weighted by Gasteiger charge is 2.29. The molecule has 0 heterocycles. The summed E-state index contributed by atoms with van der Waals surface area (Å²) in [6.07, 6.45) is 5.14. The van der Waals surface area contributed by atoms with Gasteiger partial charge < -0.3 is 0 Å². The number of benzene rings is 1. The van der Waals surface area contributed by atoms with Crippen molar-refractivity contribution in [1.82, 2.24) is 0 Å². The highest BCUT2D eigenvalue weighted by Crippen LogP contribution is 2.39. The van der Waals surface area contributed by atoms with E-state index in [1.54, 1.807) is 21.9 Å². The Labute approximate surface area is 107 Å². The summed E-state index contributed by atoms with van der Waals surface area (Å²) in [6, 6.07) is 9.02. The third kappa shape index (κ3) is 2.55. The topological polar surface area (TPSA) is 0 Å². The zero-order valence-corrected chi connectivity index (χ0v) is 12.6. The molecule has 1 aliphatic carbocycles. The molecule has 0 nitrogen and oxygen atoms in total. The molecule has 0 aliphatic heterocycles. The van der Waals surface area contributed by atoms with Gasteiger partial charge in [0.15, 0.2) is 0 Å². The molecule has 1 aliphatic rings. The Morgan fingerprint density at radius 3 is 2.47 bits per heavy atom. The van der Waals surface area contributed by atoms with Gasteiger partial charge in [-0.15, -0.1) is 0 Å². The molecular weight excluding hydrogens is 220 g/mol. The van der Waals surface area contributed by atoms with Crippen LogP contribution >= 0.6 is 0 Å². The first-order chi connectivity index (χ1) is 8.04. The second-order valence-electron chi connectivity index (χ2n) is 6.14. The number of allylic oxidation sites excluding steroid dienone is 2. The van der Waals surface area contributed by atoms with E-state index in [9.17, 15) is 0 Å². The van der Waals surface area contributed by atoms with Crippen LogP contribution in [0.25, 0.3) is 5.57 Å². The van der Waals surface area contributed by atoms with Gasteiger partial charge in [-0.2, -0.15) is 0 Å².